The van der Waals surface area contributed by atoms with Crippen molar-refractivity contribution in [3.8, 4) is 0 Å². The van der Waals surface area contributed by atoms with E-state index in [0.29, 0.717) is 12.6 Å². The number of piperidine rings is 1. The third-order valence-electron chi connectivity index (χ3n) is 4.32. The molecule has 1 aliphatic rings. The highest BCUT2D eigenvalue weighted by Crippen LogP contribution is 2.23. The number of aromatic nitrogens is 4. The maximum absolute atomic E-state index is 5.58. The first-order chi connectivity index (χ1) is 10.9. The van der Waals surface area contributed by atoms with Crippen molar-refractivity contribution in [2.24, 2.45) is 5.73 Å². The normalized spacial score (nSPS) is 17.0. The van der Waals surface area contributed by atoms with Crippen molar-refractivity contribution in [3.05, 3.63) is 41.7 Å². The SMILES string of the molecule is NCCCc1nnnn1C1CCN(Cc2ccccc2)CC1. The molecule has 6 heteroatoms. The molecule has 2 N–H and O–H groups in total. The third kappa shape index (κ3) is 3.69. The summed E-state index contributed by atoms with van der Waals surface area (Å²) < 4.78 is 2.02. The Morgan fingerprint density at radius 2 is 1.91 bits per heavy atom. The van der Waals surface area contributed by atoms with Gasteiger partial charge in [-0.2, -0.15) is 0 Å². The van der Waals surface area contributed by atoms with Gasteiger partial charge < -0.3 is 5.73 Å². The molecule has 6 nitrogen and oxygen atoms in total. The van der Waals surface area contributed by atoms with Crippen molar-refractivity contribution in [1.82, 2.24) is 25.1 Å². The maximum Gasteiger partial charge on any atom is 0.151 e. The van der Waals surface area contributed by atoms with Gasteiger partial charge in [0.2, 0.25) is 0 Å². The maximum atomic E-state index is 5.58. The summed E-state index contributed by atoms with van der Waals surface area (Å²) in [5, 5.41) is 12.2. The number of benzene rings is 1. The smallest absolute Gasteiger partial charge is 0.151 e. The topological polar surface area (TPSA) is 72.9 Å². The number of rotatable bonds is 6. The van der Waals surface area contributed by atoms with Crippen LogP contribution < -0.4 is 5.73 Å². The highest BCUT2D eigenvalue weighted by atomic mass is 15.5. The van der Waals surface area contributed by atoms with Crippen molar-refractivity contribution in [2.75, 3.05) is 19.6 Å². The molecular formula is C16H24N6. The van der Waals surface area contributed by atoms with Crippen LogP contribution in [0.15, 0.2) is 30.3 Å². The lowest BCUT2D eigenvalue weighted by Gasteiger charge is -2.32. The molecule has 0 atom stereocenters. The number of nitrogens with two attached hydrogens (primary N) is 1. The molecule has 0 aliphatic carbocycles. The van der Waals surface area contributed by atoms with E-state index < -0.39 is 0 Å². The average molecular weight is 300 g/mol. The first-order valence-corrected chi connectivity index (χ1v) is 8.10. The Labute approximate surface area is 131 Å². The van der Waals surface area contributed by atoms with Gasteiger partial charge >= 0.3 is 0 Å². The van der Waals surface area contributed by atoms with Gasteiger partial charge in [-0.3, -0.25) is 4.90 Å². The van der Waals surface area contributed by atoms with E-state index in [-0.39, 0.29) is 0 Å². The summed E-state index contributed by atoms with van der Waals surface area (Å²) in [4.78, 5) is 2.51. The van der Waals surface area contributed by atoms with E-state index in [2.05, 4.69) is 50.8 Å². The summed E-state index contributed by atoms with van der Waals surface area (Å²) in [6.07, 6.45) is 4.02. The van der Waals surface area contributed by atoms with Crippen LogP contribution in [0.2, 0.25) is 0 Å². The minimum atomic E-state index is 0.426. The number of hydrogen-bond acceptors (Lipinski definition) is 5. The Bertz CT molecular complexity index is 559. The van der Waals surface area contributed by atoms with Gasteiger partial charge in [-0.25, -0.2) is 4.68 Å². The number of tetrazole rings is 1. The van der Waals surface area contributed by atoms with Gasteiger partial charge in [-0.1, -0.05) is 30.3 Å². The lowest BCUT2D eigenvalue weighted by Crippen LogP contribution is -2.35. The summed E-state index contributed by atoms with van der Waals surface area (Å²) in [5.41, 5.74) is 6.96. The molecule has 2 aromatic rings. The quantitative estimate of drug-likeness (QED) is 0.873. The molecule has 118 valence electrons. The zero-order valence-corrected chi connectivity index (χ0v) is 12.9. The molecule has 1 saturated heterocycles. The van der Waals surface area contributed by atoms with Crippen LogP contribution in [0.1, 0.15) is 36.7 Å². The average Bonchev–Trinajstić information content (AvgIpc) is 3.03. The molecular weight excluding hydrogens is 276 g/mol. The molecule has 0 spiro atoms. The summed E-state index contributed by atoms with van der Waals surface area (Å²) in [5.74, 6) is 0.979. The molecule has 1 aliphatic heterocycles. The van der Waals surface area contributed by atoms with E-state index >= 15 is 0 Å². The summed E-state index contributed by atoms with van der Waals surface area (Å²) in [7, 11) is 0. The minimum absolute atomic E-state index is 0.426. The van der Waals surface area contributed by atoms with E-state index in [0.717, 1.165) is 51.1 Å². The zero-order valence-electron chi connectivity index (χ0n) is 12.9. The van der Waals surface area contributed by atoms with Crippen LogP contribution in [0.3, 0.4) is 0 Å². The molecule has 1 aromatic carbocycles. The molecule has 1 fully saturated rings. The lowest BCUT2D eigenvalue weighted by molar-refractivity contribution is 0.170. The van der Waals surface area contributed by atoms with Crippen LogP contribution >= 0.6 is 0 Å². The molecule has 0 saturated carbocycles. The van der Waals surface area contributed by atoms with Crippen molar-refractivity contribution < 1.29 is 0 Å². The highest BCUT2D eigenvalue weighted by Gasteiger charge is 2.23. The first-order valence-electron chi connectivity index (χ1n) is 8.10. The van der Waals surface area contributed by atoms with Gasteiger partial charge in [-0.15, -0.1) is 5.10 Å². The predicted octanol–water partition coefficient (Wildman–Crippen LogP) is 1.40. The first kappa shape index (κ1) is 15.1. The predicted molar refractivity (Wildman–Crippen MR) is 85.2 cm³/mol. The van der Waals surface area contributed by atoms with Crippen molar-refractivity contribution in [3.63, 3.8) is 0 Å². The molecule has 0 bridgehead atoms. The van der Waals surface area contributed by atoms with E-state index in [1.54, 1.807) is 0 Å². The fourth-order valence-corrected chi connectivity index (χ4v) is 3.08. The summed E-state index contributed by atoms with van der Waals surface area (Å²) in [6, 6.07) is 11.1. The van der Waals surface area contributed by atoms with Crippen molar-refractivity contribution in [2.45, 2.75) is 38.3 Å². The summed E-state index contributed by atoms with van der Waals surface area (Å²) in [6.45, 7) is 3.90. The Morgan fingerprint density at radius 3 is 2.64 bits per heavy atom. The second-order valence-electron chi connectivity index (χ2n) is 5.92. The van der Waals surface area contributed by atoms with Crippen LogP contribution in [-0.2, 0) is 13.0 Å². The van der Waals surface area contributed by atoms with E-state index in [4.69, 9.17) is 5.73 Å². The number of nitrogens with zero attached hydrogens (tertiary/aromatic N) is 5. The molecule has 0 radical (unpaired) electrons. The Morgan fingerprint density at radius 1 is 1.14 bits per heavy atom. The van der Waals surface area contributed by atoms with E-state index in [1.807, 2.05) is 4.68 Å². The molecule has 1 aromatic heterocycles. The standard InChI is InChI=1S/C16H24N6/c17-10-4-7-16-18-19-20-22(16)15-8-11-21(12-9-15)13-14-5-2-1-3-6-14/h1-3,5-6,15H,4,7-13,17H2. The van der Waals surface area contributed by atoms with Crippen LogP contribution in [0, 0.1) is 0 Å². The van der Waals surface area contributed by atoms with Gasteiger partial charge in [0.1, 0.15) is 0 Å². The largest absolute Gasteiger partial charge is 0.330 e. The molecule has 22 heavy (non-hydrogen) atoms. The van der Waals surface area contributed by atoms with Gasteiger partial charge in [0.05, 0.1) is 6.04 Å². The van der Waals surface area contributed by atoms with Gasteiger partial charge in [-0.05, 0) is 41.8 Å². The van der Waals surface area contributed by atoms with Gasteiger partial charge in [0.25, 0.3) is 0 Å². The molecule has 0 unspecified atom stereocenters. The Balaban J connectivity index is 1.54. The highest BCUT2D eigenvalue weighted by molar-refractivity contribution is 5.14. The second kappa shape index (κ2) is 7.47. The fourth-order valence-electron chi connectivity index (χ4n) is 3.08. The van der Waals surface area contributed by atoms with Gasteiger partial charge in [0.15, 0.2) is 5.82 Å². The molecule has 3 rings (SSSR count). The van der Waals surface area contributed by atoms with Crippen molar-refractivity contribution >= 4 is 0 Å². The number of aryl methyl sites for hydroxylation is 1. The Kier molecular flexibility index (Phi) is 5.13. The second-order valence-corrected chi connectivity index (χ2v) is 5.92. The minimum Gasteiger partial charge on any atom is -0.330 e. The van der Waals surface area contributed by atoms with Crippen LogP contribution in [0.4, 0.5) is 0 Å². The fraction of sp³-hybridized carbons (Fsp3) is 0.562. The van der Waals surface area contributed by atoms with Crippen molar-refractivity contribution in [1.29, 1.82) is 0 Å². The van der Waals surface area contributed by atoms with E-state index in [9.17, 15) is 0 Å². The number of hydrogen-bond donors (Lipinski definition) is 1. The summed E-state index contributed by atoms with van der Waals surface area (Å²) >= 11 is 0. The molecule has 2 heterocycles. The lowest BCUT2D eigenvalue weighted by atomic mass is 10.0. The van der Waals surface area contributed by atoms with Crippen LogP contribution in [0.25, 0.3) is 0 Å². The third-order valence-corrected chi connectivity index (χ3v) is 4.32. The van der Waals surface area contributed by atoms with Crippen LogP contribution in [-0.4, -0.2) is 44.7 Å². The van der Waals surface area contributed by atoms with Gasteiger partial charge in [0, 0.05) is 26.1 Å². The van der Waals surface area contributed by atoms with Crippen LogP contribution in [0.5, 0.6) is 0 Å². The zero-order chi connectivity index (χ0) is 15.2. The molecule has 0 amide bonds. The monoisotopic (exact) mass is 300 g/mol. The van der Waals surface area contributed by atoms with E-state index in [1.165, 1.54) is 5.56 Å². The number of likely N-dealkylation sites (tertiary alicyclic amines) is 1. The Hall–Kier alpha value is -1.79.